The maximum absolute atomic E-state index is 13.5. The van der Waals surface area contributed by atoms with Crippen LogP contribution < -0.4 is 0 Å². The fraction of sp³-hybridized carbons (Fsp3) is 0.292. The van der Waals surface area contributed by atoms with Crippen molar-refractivity contribution < 1.29 is 26.3 Å². The molecule has 0 saturated carbocycles. The predicted octanol–water partition coefficient (Wildman–Crippen LogP) is 4.09. The summed E-state index contributed by atoms with van der Waals surface area (Å²) >= 11 is 0. The molecule has 0 amide bonds. The predicted molar refractivity (Wildman–Crippen MR) is 129 cm³/mol. The molecule has 1 saturated heterocycles. The molecule has 35 heavy (non-hydrogen) atoms. The Hall–Kier alpha value is -2.70. The maximum atomic E-state index is 13.5. The molecule has 1 fully saturated rings. The van der Waals surface area contributed by atoms with Crippen molar-refractivity contribution in [1.82, 2.24) is 9.29 Å². The van der Waals surface area contributed by atoms with E-state index < -0.39 is 25.9 Å². The Bertz CT molecular complexity index is 1350. The Kier molecular flexibility index (Phi) is 7.92. The van der Waals surface area contributed by atoms with Crippen LogP contribution in [0, 0.1) is 5.82 Å². The first kappa shape index (κ1) is 25.4. The molecule has 1 aromatic heterocycles. The molecule has 1 aliphatic rings. The lowest BCUT2D eigenvalue weighted by Gasteiger charge is -2.22. The van der Waals surface area contributed by atoms with Gasteiger partial charge in [-0.15, -0.1) is 0 Å². The molecule has 1 N–H and O–H groups in total. The number of sulfonamides is 1. The van der Waals surface area contributed by atoms with Crippen LogP contribution in [-0.2, 0) is 37.9 Å². The van der Waals surface area contributed by atoms with Crippen LogP contribution in [0.2, 0.25) is 0 Å². The van der Waals surface area contributed by atoms with Gasteiger partial charge in [-0.2, -0.15) is 4.31 Å². The molecule has 1 aliphatic heterocycles. The van der Waals surface area contributed by atoms with Gasteiger partial charge in [0.25, 0.3) is 0 Å². The highest BCUT2D eigenvalue weighted by molar-refractivity contribution is 7.89. The van der Waals surface area contributed by atoms with Gasteiger partial charge in [-0.3, -0.25) is 9.54 Å². The van der Waals surface area contributed by atoms with Gasteiger partial charge in [-0.05, 0) is 66.9 Å². The van der Waals surface area contributed by atoms with Crippen LogP contribution in [0.15, 0.2) is 87.1 Å². The van der Waals surface area contributed by atoms with Gasteiger partial charge in [0.15, 0.2) is 10.0 Å². The molecule has 3 aromatic rings. The summed E-state index contributed by atoms with van der Waals surface area (Å²) in [7, 11) is -7.71. The number of ether oxygens (including phenoxy) is 1. The lowest BCUT2D eigenvalue weighted by molar-refractivity contribution is 0.118. The topological polar surface area (TPSA) is 109 Å². The second-order valence-corrected chi connectivity index (χ2v) is 11.8. The normalized spacial score (nSPS) is 17.9. The summed E-state index contributed by atoms with van der Waals surface area (Å²) in [5.41, 5.74) is 1.15. The van der Waals surface area contributed by atoms with Gasteiger partial charge in [0.2, 0.25) is 10.0 Å². The van der Waals surface area contributed by atoms with Crippen LogP contribution in [0.4, 0.5) is 4.39 Å². The third-order valence-electron chi connectivity index (χ3n) is 5.58. The molecule has 0 spiro atoms. The van der Waals surface area contributed by atoms with Crippen LogP contribution in [0.1, 0.15) is 24.1 Å². The quantitative estimate of drug-likeness (QED) is 0.456. The van der Waals surface area contributed by atoms with Gasteiger partial charge >= 0.3 is 0 Å². The number of nitrogens with zero attached hydrogens (tertiary/aromatic N) is 3. The van der Waals surface area contributed by atoms with Crippen LogP contribution in [-0.4, -0.2) is 45.7 Å². The minimum Gasteiger partial charge on any atom is -0.376 e. The van der Waals surface area contributed by atoms with Crippen molar-refractivity contribution in [1.29, 1.82) is 0 Å². The van der Waals surface area contributed by atoms with Gasteiger partial charge in [0.1, 0.15) is 5.82 Å². The summed E-state index contributed by atoms with van der Waals surface area (Å²) in [6, 6.07) is 16.0. The molecule has 0 radical (unpaired) electrons. The molecular weight excluding hydrogens is 493 g/mol. The summed E-state index contributed by atoms with van der Waals surface area (Å²) in [5, 5.41) is 0. The van der Waals surface area contributed by atoms with Crippen LogP contribution in [0.3, 0.4) is 0 Å². The van der Waals surface area contributed by atoms with E-state index >= 15 is 0 Å². The highest BCUT2D eigenvalue weighted by Gasteiger charge is 2.26. The fourth-order valence-corrected chi connectivity index (χ4v) is 6.08. The minimum absolute atomic E-state index is 0.00420. The highest BCUT2D eigenvalue weighted by Crippen LogP contribution is 2.23. The van der Waals surface area contributed by atoms with Crippen molar-refractivity contribution in [2.24, 2.45) is 4.36 Å². The first-order chi connectivity index (χ1) is 16.7. The number of rotatable bonds is 9. The first-order valence-corrected chi connectivity index (χ1v) is 14.0. The fourth-order valence-electron chi connectivity index (χ4n) is 3.68. The summed E-state index contributed by atoms with van der Waals surface area (Å²) in [5.74, 6) is -0.416. The molecule has 0 aliphatic carbocycles. The largest absolute Gasteiger partial charge is 0.376 e. The number of hydrogen-bond donors (Lipinski definition) is 1. The Balaban J connectivity index is 1.59. The standard InChI is InChI=1S/C24H26FN3O5S2/c25-20-8-6-19(7-9-20)17-28(18-21-4-1-2-14-26-21)35(31,32)24-12-10-23(11-13-24)34(29,30)27-16-22-5-3-15-33-22/h1-2,4,6-14,22H,3,5,15-18H2,(H,27,29,30)/t22-/m0/s1. The monoisotopic (exact) mass is 519 g/mol. The molecule has 1 unspecified atom stereocenters. The minimum atomic E-state index is -4.02. The van der Waals surface area contributed by atoms with E-state index in [1.54, 1.807) is 24.4 Å². The van der Waals surface area contributed by atoms with E-state index in [2.05, 4.69) is 9.35 Å². The molecular formula is C24H26FN3O5S2. The van der Waals surface area contributed by atoms with Gasteiger partial charge in [0.05, 0.1) is 34.7 Å². The number of pyridine rings is 1. The SMILES string of the molecule is O=S(=O)(c1ccc(S(=O)(O)=NC[C@@H]2CCCO2)cc1)N(Cc1ccc(F)cc1)Cc1ccccn1. The Morgan fingerprint density at radius 3 is 2.34 bits per heavy atom. The molecule has 2 atom stereocenters. The van der Waals surface area contributed by atoms with Gasteiger partial charge in [0, 0.05) is 19.3 Å². The van der Waals surface area contributed by atoms with E-state index in [4.69, 9.17) is 4.74 Å². The maximum Gasteiger partial charge on any atom is 0.243 e. The van der Waals surface area contributed by atoms with Crippen LogP contribution in [0.25, 0.3) is 0 Å². The van der Waals surface area contributed by atoms with Crippen molar-refractivity contribution in [3.8, 4) is 0 Å². The van der Waals surface area contributed by atoms with E-state index in [0.717, 1.165) is 12.8 Å². The molecule has 186 valence electrons. The first-order valence-electron chi connectivity index (χ1n) is 11.1. The van der Waals surface area contributed by atoms with Crippen molar-refractivity contribution in [2.45, 2.75) is 41.8 Å². The average molecular weight is 520 g/mol. The van der Waals surface area contributed by atoms with Gasteiger partial charge in [-0.1, -0.05) is 18.2 Å². The number of hydrogen-bond acceptors (Lipinski definition) is 6. The Morgan fingerprint density at radius 1 is 1.00 bits per heavy atom. The molecule has 2 heterocycles. The molecule has 0 bridgehead atoms. The van der Waals surface area contributed by atoms with E-state index in [1.165, 1.54) is 52.8 Å². The van der Waals surface area contributed by atoms with Crippen LogP contribution in [0.5, 0.6) is 0 Å². The van der Waals surface area contributed by atoms with E-state index in [-0.39, 0.29) is 35.5 Å². The second kappa shape index (κ2) is 10.9. The van der Waals surface area contributed by atoms with Crippen molar-refractivity contribution in [2.75, 3.05) is 13.2 Å². The van der Waals surface area contributed by atoms with E-state index in [1.807, 2.05) is 0 Å². The summed E-state index contributed by atoms with van der Waals surface area (Å²) in [6.07, 6.45) is 3.09. The summed E-state index contributed by atoms with van der Waals surface area (Å²) < 4.78 is 74.0. The summed E-state index contributed by atoms with van der Waals surface area (Å²) in [6.45, 7) is 0.710. The van der Waals surface area contributed by atoms with Crippen molar-refractivity contribution in [3.63, 3.8) is 0 Å². The van der Waals surface area contributed by atoms with Crippen molar-refractivity contribution >= 4 is 20.0 Å². The van der Waals surface area contributed by atoms with Crippen LogP contribution >= 0.6 is 0 Å². The lowest BCUT2D eigenvalue weighted by atomic mass is 10.2. The molecule has 2 aromatic carbocycles. The zero-order valence-corrected chi connectivity index (χ0v) is 20.5. The van der Waals surface area contributed by atoms with Gasteiger partial charge in [-0.25, -0.2) is 21.4 Å². The number of halogens is 1. The number of benzene rings is 2. The molecule has 11 heteroatoms. The summed E-state index contributed by atoms with van der Waals surface area (Å²) in [4.78, 5) is 4.19. The van der Waals surface area contributed by atoms with Crippen molar-refractivity contribution in [3.05, 3.63) is 90.0 Å². The second-order valence-electron chi connectivity index (χ2n) is 8.14. The Morgan fingerprint density at radius 2 is 1.71 bits per heavy atom. The highest BCUT2D eigenvalue weighted by atomic mass is 32.2. The van der Waals surface area contributed by atoms with Gasteiger partial charge < -0.3 is 4.74 Å². The third kappa shape index (κ3) is 6.50. The van der Waals surface area contributed by atoms with E-state index in [9.17, 15) is 21.6 Å². The average Bonchev–Trinajstić information content (AvgIpc) is 3.38. The molecule has 4 rings (SSSR count). The third-order valence-corrected chi connectivity index (χ3v) is 8.77. The molecule has 8 nitrogen and oxygen atoms in total. The smallest absolute Gasteiger partial charge is 0.243 e. The zero-order chi connectivity index (χ0) is 24.9. The zero-order valence-electron chi connectivity index (χ0n) is 18.9. The van der Waals surface area contributed by atoms with E-state index in [0.29, 0.717) is 17.9 Å². The lowest BCUT2D eigenvalue weighted by Crippen LogP contribution is -2.30. The number of aromatic nitrogens is 1. The Labute approximate surface area is 204 Å².